The van der Waals surface area contributed by atoms with E-state index in [1.54, 1.807) is 6.07 Å². The van der Waals surface area contributed by atoms with E-state index in [1.165, 1.54) is 6.07 Å². The number of halogens is 1. The van der Waals surface area contributed by atoms with Crippen molar-refractivity contribution in [3.63, 3.8) is 0 Å². The SMILES string of the molecule is N#Cc1ccc(F)cc1CC(O)C(=O)O. The first kappa shape index (κ1) is 11.1. The number of carboxylic acids is 1. The molecule has 1 aromatic carbocycles. The molecule has 15 heavy (non-hydrogen) atoms. The summed E-state index contributed by atoms with van der Waals surface area (Å²) in [4.78, 5) is 10.4. The van der Waals surface area contributed by atoms with Crippen molar-refractivity contribution >= 4 is 5.97 Å². The van der Waals surface area contributed by atoms with Gasteiger partial charge in [0.25, 0.3) is 0 Å². The van der Waals surface area contributed by atoms with E-state index in [2.05, 4.69) is 0 Å². The summed E-state index contributed by atoms with van der Waals surface area (Å²) < 4.78 is 12.8. The van der Waals surface area contributed by atoms with Crippen LogP contribution in [0.3, 0.4) is 0 Å². The standard InChI is InChI=1S/C10H8FNO3/c11-8-2-1-6(5-12)7(3-8)4-9(13)10(14)15/h1-3,9,13H,4H2,(H,14,15). The van der Waals surface area contributed by atoms with Crippen molar-refractivity contribution in [1.82, 2.24) is 0 Å². The number of nitrogens with zero attached hydrogens (tertiary/aromatic N) is 1. The number of aliphatic hydroxyl groups excluding tert-OH is 1. The third-order valence-corrected chi connectivity index (χ3v) is 1.89. The lowest BCUT2D eigenvalue weighted by molar-refractivity contribution is -0.146. The molecule has 0 saturated carbocycles. The fourth-order valence-corrected chi connectivity index (χ4v) is 1.14. The molecule has 1 aromatic rings. The monoisotopic (exact) mass is 209 g/mol. The van der Waals surface area contributed by atoms with Gasteiger partial charge in [0.1, 0.15) is 5.82 Å². The molecule has 4 nitrogen and oxygen atoms in total. The minimum atomic E-state index is -1.63. The number of benzene rings is 1. The molecule has 5 heteroatoms. The third kappa shape index (κ3) is 2.76. The van der Waals surface area contributed by atoms with Gasteiger partial charge in [-0.3, -0.25) is 0 Å². The molecule has 0 spiro atoms. The number of nitriles is 1. The van der Waals surface area contributed by atoms with Gasteiger partial charge in [-0.15, -0.1) is 0 Å². The average molecular weight is 209 g/mol. The summed E-state index contributed by atoms with van der Waals surface area (Å²) in [6.45, 7) is 0. The quantitative estimate of drug-likeness (QED) is 0.767. The molecular formula is C10H8FNO3. The van der Waals surface area contributed by atoms with Crippen molar-refractivity contribution in [1.29, 1.82) is 5.26 Å². The summed E-state index contributed by atoms with van der Waals surface area (Å²) in [6.07, 6.45) is -1.91. The second kappa shape index (κ2) is 4.53. The van der Waals surface area contributed by atoms with Crippen LogP contribution < -0.4 is 0 Å². The van der Waals surface area contributed by atoms with Crippen LogP contribution in [0.4, 0.5) is 4.39 Å². The maximum atomic E-state index is 12.8. The number of carbonyl (C=O) groups is 1. The lowest BCUT2D eigenvalue weighted by Gasteiger charge is -2.06. The molecule has 0 radical (unpaired) electrons. The highest BCUT2D eigenvalue weighted by Gasteiger charge is 2.16. The Morgan fingerprint density at radius 1 is 1.60 bits per heavy atom. The van der Waals surface area contributed by atoms with Crippen molar-refractivity contribution in [3.05, 3.63) is 35.1 Å². The summed E-state index contributed by atoms with van der Waals surface area (Å²) in [5.41, 5.74) is 0.351. The summed E-state index contributed by atoms with van der Waals surface area (Å²) >= 11 is 0. The molecule has 0 bridgehead atoms. The molecule has 1 unspecified atom stereocenters. The number of aliphatic carboxylic acids is 1. The first-order chi connectivity index (χ1) is 7.04. The molecule has 0 saturated heterocycles. The summed E-state index contributed by atoms with van der Waals surface area (Å²) in [5, 5.41) is 26.2. The molecule has 78 valence electrons. The molecule has 0 aliphatic rings. The first-order valence-electron chi connectivity index (χ1n) is 4.14. The van der Waals surface area contributed by atoms with Gasteiger partial charge in [-0.25, -0.2) is 9.18 Å². The Hall–Kier alpha value is -1.93. The van der Waals surface area contributed by atoms with Crippen molar-refractivity contribution in [3.8, 4) is 6.07 Å². The van der Waals surface area contributed by atoms with Crippen LogP contribution in [0.5, 0.6) is 0 Å². The van der Waals surface area contributed by atoms with E-state index in [1.807, 2.05) is 0 Å². The number of hydrogen-bond acceptors (Lipinski definition) is 3. The van der Waals surface area contributed by atoms with Gasteiger partial charge >= 0.3 is 5.97 Å². The fraction of sp³-hybridized carbons (Fsp3) is 0.200. The number of aliphatic hydroxyl groups is 1. The van der Waals surface area contributed by atoms with Gasteiger partial charge in [0.15, 0.2) is 6.10 Å². The van der Waals surface area contributed by atoms with Crippen LogP contribution in [-0.2, 0) is 11.2 Å². The highest BCUT2D eigenvalue weighted by Crippen LogP contribution is 2.12. The van der Waals surface area contributed by atoms with E-state index < -0.39 is 17.9 Å². The fourth-order valence-electron chi connectivity index (χ4n) is 1.14. The average Bonchev–Trinajstić information content (AvgIpc) is 2.18. The molecule has 2 N–H and O–H groups in total. The van der Waals surface area contributed by atoms with Crippen LogP contribution >= 0.6 is 0 Å². The van der Waals surface area contributed by atoms with Crippen molar-refractivity contribution in [2.45, 2.75) is 12.5 Å². The number of hydrogen-bond donors (Lipinski definition) is 2. The van der Waals surface area contributed by atoms with E-state index in [4.69, 9.17) is 15.5 Å². The number of rotatable bonds is 3. The Bertz CT molecular complexity index is 425. The van der Waals surface area contributed by atoms with Gasteiger partial charge in [0.05, 0.1) is 11.6 Å². The third-order valence-electron chi connectivity index (χ3n) is 1.89. The zero-order valence-electron chi connectivity index (χ0n) is 7.64. The predicted octanol–water partition coefficient (Wildman–Crippen LogP) is 0.685. The Morgan fingerprint density at radius 2 is 2.27 bits per heavy atom. The minimum absolute atomic E-state index is 0.164. The predicted molar refractivity (Wildman–Crippen MR) is 48.5 cm³/mol. The van der Waals surface area contributed by atoms with Crippen molar-refractivity contribution in [2.75, 3.05) is 0 Å². The summed E-state index contributed by atoms with van der Waals surface area (Å²) in [7, 11) is 0. The van der Waals surface area contributed by atoms with Crippen LogP contribution in [0.1, 0.15) is 11.1 Å². The maximum absolute atomic E-state index is 12.8. The second-order valence-corrected chi connectivity index (χ2v) is 2.97. The van der Waals surface area contributed by atoms with Crippen LogP contribution in [0.25, 0.3) is 0 Å². The van der Waals surface area contributed by atoms with E-state index in [0.29, 0.717) is 0 Å². The van der Waals surface area contributed by atoms with Gasteiger partial charge in [-0.1, -0.05) is 0 Å². The zero-order valence-corrected chi connectivity index (χ0v) is 7.64. The van der Waals surface area contributed by atoms with E-state index in [0.717, 1.165) is 12.1 Å². The van der Waals surface area contributed by atoms with Crippen molar-refractivity contribution in [2.24, 2.45) is 0 Å². The van der Waals surface area contributed by atoms with Crippen molar-refractivity contribution < 1.29 is 19.4 Å². The maximum Gasteiger partial charge on any atom is 0.332 e. The molecule has 0 aliphatic carbocycles. The zero-order chi connectivity index (χ0) is 11.4. The van der Waals surface area contributed by atoms with Crippen LogP contribution in [0.2, 0.25) is 0 Å². The minimum Gasteiger partial charge on any atom is -0.479 e. The molecule has 0 amide bonds. The van der Waals surface area contributed by atoms with Gasteiger partial charge in [-0.2, -0.15) is 5.26 Å². The molecule has 0 fully saturated rings. The lowest BCUT2D eigenvalue weighted by atomic mass is 10.0. The molecule has 1 rings (SSSR count). The highest BCUT2D eigenvalue weighted by atomic mass is 19.1. The van der Waals surface area contributed by atoms with E-state index in [-0.39, 0.29) is 17.5 Å². The summed E-state index contributed by atoms with van der Waals surface area (Å²) in [6, 6.07) is 5.20. The normalized spacial score (nSPS) is 11.8. The van der Waals surface area contributed by atoms with Gasteiger partial charge in [0.2, 0.25) is 0 Å². The van der Waals surface area contributed by atoms with Crippen LogP contribution in [0.15, 0.2) is 18.2 Å². The Morgan fingerprint density at radius 3 is 2.80 bits per heavy atom. The summed E-state index contributed by atoms with van der Waals surface area (Å²) in [5.74, 6) is -1.97. The Labute approximate surface area is 85.2 Å². The number of carboxylic acid groups (broad SMARTS) is 1. The van der Waals surface area contributed by atoms with Crippen LogP contribution in [-0.4, -0.2) is 22.3 Å². The van der Waals surface area contributed by atoms with Gasteiger partial charge < -0.3 is 10.2 Å². The Kier molecular flexibility index (Phi) is 3.37. The Balaban J connectivity index is 2.98. The first-order valence-corrected chi connectivity index (χ1v) is 4.14. The second-order valence-electron chi connectivity index (χ2n) is 2.97. The molecule has 1 atom stereocenters. The topological polar surface area (TPSA) is 81.3 Å². The largest absolute Gasteiger partial charge is 0.479 e. The van der Waals surface area contributed by atoms with Gasteiger partial charge in [0, 0.05) is 6.42 Å². The lowest BCUT2D eigenvalue weighted by Crippen LogP contribution is -2.22. The van der Waals surface area contributed by atoms with E-state index >= 15 is 0 Å². The van der Waals surface area contributed by atoms with Gasteiger partial charge in [-0.05, 0) is 23.8 Å². The smallest absolute Gasteiger partial charge is 0.332 e. The van der Waals surface area contributed by atoms with Crippen LogP contribution in [0, 0.1) is 17.1 Å². The molecule has 0 heterocycles. The molecular weight excluding hydrogens is 201 g/mol. The molecule has 0 aliphatic heterocycles. The van der Waals surface area contributed by atoms with E-state index in [9.17, 15) is 9.18 Å². The molecule has 0 aromatic heterocycles. The highest BCUT2D eigenvalue weighted by molar-refractivity contribution is 5.72.